The number of aromatic nitrogens is 1. The number of aryl methyl sites for hydroxylation is 2. The number of thiazole rings is 1. The maximum atomic E-state index is 11.9. The zero-order valence-corrected chi connectivity index (χ0v) is 14.9. The fourth-order valence-corrected chi connectivity index (χ4v) is 3.57. The average molecular weight is 406 g/mol. The summed E-state index contributed by atoms with van der Waals surface area (Å²) in [5.41, 5.74) is 3.23. The highest BCUT2D eigenvalue weighted by Crippen LogP contribution is 2.35. The van der Waals surface area contributed by atoms with Crippen LogP contribution in [0.1, 0.15) is 24.5 Å². The zero-order chi connectivity index (χ0) is 14.2. The molecule has 102 valence electrons. The Balaban J connectivity index is 2.40. The summed E-state index contributed by atoms with van der Waals surface area (Å²) >= 11 is 8.40. The summed E-state index contributed by atoms with van der Waals surface area (Å²) in [5, 5.41) is 3.52. The number of rotatable bonds is 3. The number of hydrogen-bond donors (Lipinski definition) is 1. The van der Waals surface area contributed by atoms with E-state index in [1.807, 2.05) is 13.8 Å². The minimum atomic E-state index is -0.173. The van der Waals surface area contributed by atoms with Gasteiger partial charge in [0.2, 0.25) is 5.91 Å². The molecule has 1 aromatic carbocycles. The second kappa shape index (κ2) is 5.89. The van der Waals surface area contributed by atoms with Gasteiger partial charge in [-0.2, -0.15) is 0 Å². The molecule has 2 aromatic rings. The molecule has 1 heterocycles. The number of fused-ring (bicyclic) bond motifs is 1. The van der Waals surface area contributed by atoms with Gasteiger partial charge in [-0.05, 0) is 37.5 Å². The van der Waals surface area contributed by atoms with Crippen LogP contribution in [0.25, 0.3) is 10.2 Å². The fraction of sp³-hybridized carbons (Fsp3) is 0.385. The number of nitrogens with one attached hydrogen (secondary N) is 1. The largest absolute Gasteiger partial charge is 0.301 e. The van der Waals surface area contributed by atoms with Crippen molar-refractivity contribution in [3.8, 4) is 0 Å². The van der Waals surface area contributed by atoms with Gasteiger partial charge in [-0.25, -0.2) is 4.98 Å². The summed E-state index contributed by atoms with van der Waals surface area (Å²) in [6, 6.07) is 2.06. The molecule has 1 aromatic heterocycles. The van der Waals surface area contributed by atoms with Crippen molar-refractivity contribution in [2.24, 2.45) is 0 Å². The van der Waals surface area contributed by atoms with Crippen molar-refractivity contribution in [2.75, 3.05) is 5.32 Å². The van der Waals surface area contributed by atoms with Crippen molar-refractivity contribution in [1.82, 2.24) is 4.98 Å². The number of halogens is 2. The Hall–Kier alpha value is -0.460. The van der Waals surface area contributed by atoms with E-state index in [1.165, 1.54) is 11.3 Å². The minimum Gasteiger partial charge on any atom is -0.301 e. The van der Waals surface area contributed by atoms with E-state index in [-0.39, 0.29) is 10.7 Å². The van der Waals surface area contributed by atoms with E-state index in [1.54, 1.807) is 0 Å². The molecule has 0 radical (unpaired) electrons. The first-order chi connectivity index (χ1) is 8.93. The van der Waals surface area contributed by atoms with E-state index in [0.29, 0.717) is 5.13 Å². The highest BCUT2D eigenvalue weighted by molar-refractivity contribution is 9.10. The molecule has 0 saturated heterocycles. The first-order valence-corrected chi connectivity index (χ1v) is 8.47. The van der Waals surface area contributed by atoms with Gasteiger partial charge in [0.25, 0.3) is 0 Å². The number of alkyl halides is 1. The van der Waals surface area contributed by atoms with Crippen molar-refractivity contribution in [3.05, 3.63) is 21.7 Å². The molecule has 0 bridgehead atoms. The average Bonchev–Trinajstić information content (AvgIpc) is 2.79. The molecule has 1 N–H and O–H groups in total. The van der Waals surface area contributed by atoms with Gasteiger partial charge in [-0.1, -0.05) is 50.1 Å². The van der Waals surface area contributed by atoms with Gasteiger partial charge in [-0.3, -0.25) is 4.79 Å². The molecule has 0 fully saturated rings. The van der Waals surface area contributed by atoms with Gasteiger partial charge >= 0.3 is 0 Å². The van der Waals surface area contributed by atoms with E-state index in [4.69, 9.17) is 0 Å². The van der Waals surface area contributed by atoms with Crippen molar-refractivity contribution >= 4 is 64.5 Å². The Morgan fingerprint density at radius 2 is 2.21 bits per heavy atom. The Bertz CT molecular complexity index is 639. The Morgan fingerprint density at radius 1 is 1.53 bits per heavy atom. The number of carbonyl (C=O) groups excluding carboxylic acids is 1. The maximum Gasteiger partial charge on any atom is 0.239 e. The molecule has 0 aliphatic carbocycles. The van der Waals surface area contributed by atoms with Crippen molar-refractivity contribution in [2.45, 2.75) is 32.0 Å². The van der Waals surface area contributed by atoms with E-state index in [9.17, 15) is 4.79 Å². The first-order valence-electron chi connectivity index (χ1n) is 5.95. The topological polar surface area (TPSA) is 42.0 Å². The quantitative estimate of drug-likeness (QED) is 0.746. The molecular formula is C13H14Br2N2OS. The van der Waals surface area contributed by atoms with Crippen LogP contribution in [-0.2, 0) is 4.79 Å². The minimum absolute atomic E-state index is 0.0454. The summed E-state index contributed by atoms with van der Waals surface area (Å²) in [4.78, 5) is 16.2. The summed E-state index contributed by atoms with van der Waals surface area (Å²) in [6.07, 6.45) is 0.750. The normalized spacial score (nSPS) is 12.7. The van der Waals surface area contributed by atoms with Gasteiger partial charge in [0.15, 0.2) is 5.13 Å². The number of nitrogens with zero attached hydrogens (tertiary/aromatic N) is 1. The fourth-order valence-electron chi connectivity index (χ4n) is 1.74. The van der Waals surface area contributed by atoms with Crippen LogP contribution in [0.5, 0.6) is 0 Å². The molecule has 1 amide bonds. The van der Waals surface area contributed by atoms with Gasteiger partial charge in [0.05, 0.1) is 15.0 Å². The van der Waals surface area contributed by atoms with Gasteiger partial charge in [0.1, 0.15) is 0 Å². The van der Waals surface area contributed by atoms with E-state index in [2.05, 4.69) is 55.2 Å². The molecule has 0 aliphatic rings. The third-order valence-electron chi connectivity index (χ3n) is 2.92. The van der Waals surface area contributed by atoms with Gasteiger partial charge in [0, 0.05) is 4.47 Å². The third kappa shape index (κ3) is 3.01. The Kier molecular flexibility index (Phi) is 4.63. The number of anilines is 1. The Morgan fingerprint density at radius 3 is 2.84 bits per heavy atom. The maximum absolute atomic E-state index is 11.9. The predicted molar refractivity (Wildman–Crippen MR) is 88.4 cm³/mol. The van der Waals surface area contributed by atoms with Crippen LogP contribution in [-0.4, -0.2) is 15.7 Å². The van der Waals surface area contributed by atoms with Gasteiger partial charge < -0.3 is 5.32 Å². The van der Waals surface area contributed by atoms with Crippen LogP contribution >= 0.6 is 43.2 Å². The third-order valence-corrected chi connectivity index (χ3v) is 5.89. The van der Waals surface area contributed by atoms with E-state index >= 15 is 0 Å². The van der Waals surface area contributed by atoms with Crippen LogP contribution in [0.4, 0.5) is 5.13 Å². The highest BCUT2D eigenvalue weighted by atomic mass is 79.9. The molecule has 0 aliphatic heterocycles. The highest BCUT2D eigenvalue weighted by Gasteiger charge is 2.16. The van der Waals surface area contributed by atoms with Crippen molar-refractivity contribution in [3.63, 3.8) is 0 Å². The predicted octanol–water partition coefficient (Wildman–Crippen LogP) is 4.79. The lowest BCUT2D eigenvalue weighted by Gasteiger charge is -2.04. The summed E-state index contributed by atoms with van der Waals surface area (Å²) in [5.74, 6) is -0.0454. The van der Waals surface area contributed by atoms with Gasteiger partial charge in [-0.15, -0.1) is 0 Å². The number of hydrogen-bond acceptors (Lipinski definition) is 3. The molecule has 0 saturated carbocycles. The first kappa shape index (κ1) is 14.9. The molecule has 0 spiro atoms. The van der Waals surface area contributed by atoms with Crippen LogP contribution < -0.4 is 5.32 Å². The summed E-state index contributed by atoms with van der Waals surface area (Å²) in [7, 11) is 0. The molecule has 1 atom stereocenters. The van der Waals surface area contributed by atoms with Crippen LogP contribution in [0.15, 0.2) is 10.5 Å². The second-order valence-electron chi connectivity index (χ2n) is 4.36. The lowest BCUT2D eigenvalue weighted by Crippen LogP contribution is -2.21. The number of carbonyl (C=O) groups is 1. The van der Waals surface area contributed by atoms with Crippen molar-refractivity contribution < 1.29 is 4.79 Å². The smallest absolute Gasteiger partial charge is 0.239 e. The second-order valence-corrected chi connectivity index (χ2v) is 7.32. The Labute approximate surface area is 133 Å². The SMILES string of the molecule is CC[C@@H](Br)C(=O)Nc1nc2c(C)cc(Br)c(C)c2s1. The molecule has 6 heteroatoms. The lowest BCUT2D eigenvalue weighted by molar-refractivity contribution is -0.115. The lowest BCUT2D eigenvalue weighted by atomic mass is 10.1. The molecule has 3 nitrogen and oxygen atoms in total. The zero-order valence-electron chi connectivity index (χ0n) is 10.9. The molecule has 0 unspecified atom stereocenters. The monoisotopic (exact) mass is 404 g/mol. The number of amides is 1. The summed E-state index contributed by atoms with van der Waals surface area (Å²) < 4.78 is 2.19. The van der Waals surface area contributed by atoms with Crippen molar-refractivity contribution in [1.29, 1.82) is 0 Å². The summed E-state index contributed by atoms with van der Waals surface area (Å²) in [6.45, 7) is 6.04. The standard InChI is InChI=1S/C13H14Br2N2OS/c1-4-8(14)12(18)17-13-16-10-6(2)5-9(15)7(3)11(10)19-13/h5,8H,4H2,1-3H3,(H,16,17,18)/t8-/m1/s1. The molecular weight excluding hydrogens is 392 g/mol. The molecule has 2 rings (SSSR count). The molecule has 19 heavy (non-hydrogen) atoms. The van der Waals surface area contributed by atoms with E-state index in [0.717, 1.165) is 32.2 Å². The van der Waals surface area contributed by atoms with Crippen LogP contribution in [0.2, 0.25) is 0 Å². The van der Waals surface area contributed by atoms with Crippen LogP contribution in [0, 0.1) is 13.8 Å². The van der Waals surface area contributed by atoms with E-state index < -0.39 is 0 Å². The van der Waals surface area contributed by atoms with Crippen LogP contribution in [0.3, 0.4) is 0 Å². The number of benzene rings is 1.